The van der Waals surface area contributed by atoms with Gasteiger partial charge in [-0.15, -0.1) is 0 Å². The van der Waals surface area contributed by atoms with Crippen LogP contribution in [0.25, 0.3) is 10.9 Å². The van der Waals surface area contributed by atoms with Crippen LogP contribution in [0.3, 0.4) is 0 Å². The second kappa shape index (κ2) is 4.49. The van der Waals surface area contributed by atoms with Crippen molar-refractivity contribution in [2.45, 2.75) is 6.61 Å². The fourth-order valence-electron chi connectivity index (χ4n) is 1.85. The first-order valence-corrected chi connectivity index (χ1v) is 5.76. The Balaban J connectivity index is 1.78. The van der Waals surface area contributed by atoms with Gasteiger partial charge in [-0.2, -0.15) is 5.10 Å². The molecule has 0 aliphatic heterocycles. The van der Waals surface area contributed by atoms with Gasteiger partial charge >= 0.3 is 0 Å². The monoisotopic (exact) mass is 239 g/mol. The van der Waals surface area contributed by atoms with E-state index in [4.69, 9.17) is 4.74 Å². The quantitative estimate of drug-likeness (QED) is 0.705. The van der Waals surface area contributed by atoms with Crippen LogP contribution in [-0.4, -0.2) is 14.8 Å². The summed E-state index contributed by atoms with van der Waals surface area (Å²) in [4.78, 5) is 4.29. The van der Waals surface area contributed by atoms with E-state index in [9.17, 15) is 0 Å². The third kappa shape index (κ3) is 2.18. The summed E-state index contributed by atoms with van der Waals surface area (Å²) in [7, 11) is 1.87. The predicted octanol–water partition coefficient (Wildman–Crippen LogP) is 2.55. The van der Waals surface area contributed by atoms with Crippen molar-refractivity contribution in [3.8, 4) is 5.75 Å². The summed E-state index contributed by atoms with van der Waals surface area (Å²) in [5, 5.41) is 5.19. The molecule has 0 atom stereocenters. The molecule has 3 rings (SSSR count). The van der Waals surface area contributed by atoms with Gasteiger partial charge in [0.15, 0.2) is 5.75 Å². The number of pyridine rings is 1. The highest BCUT2D eigenvalue weighted by atomic mass is 16.5. The lowest BCUT2D eigenvalue weighted by molar-refractivity contribution is 0.306. The Morgan fingerprint density at radius 1 is 1.28 bits per heavy atom. The molecule has 4 heteroatoms. The van der Waals surface area contributed by atoms with Crippen LogP contribution < -0.4 is 4.74 Å². The van der Waals surface area contributed by atoms with Gasteiger partial charge in [0.25, 0.3) is 0 Å². The molecule has 0 N–H and O–H groups in total. The van der Waals surface area contributed by atoms with E-state index >= 15 is 0 Å². The predicted molar refractivity (Wildman–Crippen MR) is 69.3 cm³/mol. The fourth-order valence-corrected chi connectivity index (χ4v) is 1.85. The Morgan fingerprint density at radius 2 is 2.22 bits per heavy atom. The van der Waals surface area contributed by atoms with E-state index in [2.05, 4.69) is 22.2 Å². The van der Waals surface area contributed by atoms with Gasteiger partial charge in [0.1, 0.15) is 6.61 Å². The summed E-state index contributed by atoms with van der Waals surface area (Å²) in [5.41, 5.74) is 2.13. The highest BCUT2D eigenvalue weighted by Gasteiger charge is 2.00. The maximum atomic E-state index is 5.66. The normalized spacial score (nSPS) is 10.7. The molecule has 3 aromatic rings. The van der Waals surface area contributed by atoms with Crippen molar-refractivity contribution in [3.63, 3.8) is 0 Å². The molecule has 0 unspecified atom stereocenters. The lowest BCUT2D eigenvalue weighted by atomic mass is 10.1. The van der Waals surface area contributed by atoms with Crippen molar-refractivity contribution in [3.05, 3.63) is 54.5 Å². The number of ether oxygens (including phenoxy) is 1. The van der Waals surface area contributed by atoms with Crippen molar-refractivity contribution in [1.29, 1.82) is 0 Å². The zero-order chi connectivity index (χ0) is 12.4. The molecule has 2 heterocycles. The van der Waals surface area contributed by atoms with Crippen LogP contribution in [0, 0.1) is 0 Å². The van der Waals surface area contributed by atoms with Crippen molar-refractivity contribution in [2.24, 2.45) is 7.05 Å². The van der Waals surface area contributed by atoms with E-state index in [0.29, 0.717) is 6.61 Å². The highest BCUT2D eigenvalue weighted by molar-refractivity contribution is 5.78. The van der Waals surface area contributed by atoms with Gasteiger partial charge in [-0.3, -0.25) is 9.67 Å². The van der Waals surface area contributed by atoms with E-state index < -0.39 is 0 Å². The number of hydrogen-bond donors (Lipinski definition) is 0. The van der Waals surface area contributed by atoms with Crippen molar-refractivity contribution < 1.29 is 4.74 Å². The Labute approximate surface area is 105 Å². The average molecular weight is 239 g/mol. The Bertz CT molecular complexity index is 675. The lowest BCUT2D eigenvalue weighted by Gasteiger charge is -2.04. The fraction of sp³-hybridized carbons (Fsp3) is 0.143. The number of nitrogens with zero attached hydrogens (tertiary/aromatic N) is 3. The number of benzene rings is 1. The van der Waals surface area contributed by atoms with Crippen molar-refractivity contribution >= 4 is 10.9 Å². The minimum atomic E-state index is 0.538. The third-order valence-corrected chi connectivity index (χ3v) is 2.75. The van der Waals surface area contributed by atoms with E-state index in [-0.39, 0.29) is 0 Å². The molecule has 4 nitrogen and oxygen atoms in total. The van der Waals surface area contributed by atoms with Gasteiger partial charge in [-0.25, -0.2) is 0 Å². The molecule has 0 saturated carbocycles. The first kappa shape index (κ1) is 10.8. The van der Waals surface area contributed by atoms with E-state index in [1.54, 1.807) is 17.1 Å². The first-order chi connectivity index (χ1) is 8.81. The second-order valence-corrected chi connectivity index (χ2v) is 4.17. The molecule has 0 saturated heterocycles. The number of hydrogen-bond acceptors (Lipinski definition) is 3. The summed E-state index contributed by atoms with van der Waals surface area (Å²) < 4.78 is 7.38. The Kier molecular flexibility index (Phi) is 2.68. The van der Waals surface area contributed by atoms with Gasteiger partial charge in [0.05, 0.1) is 17.9 Å². The van der Waals surface area contributed by atoms with Crippen LogP contribution in [0.1, 0.15) is 5.56 Å². The van der Waals surface area contributed by atoms with Gasteiger partial charge in [-0.1, -0.05) is 12.1 Å². The molecule has 0 spiro atoms. The smallest absolute Gasteiger partial charge is 0.157 e. The van der Waals surface area contributed by atoms with Gasteiger partial charge in [0, 0.05) is 18.6 Å². The Morgan fingerprint density at radius 3 is 3.06 bits per heavy atom. The average Bonchev–Trinajstić information content (AvgIpc) is 2.82. The maximum Gasteiger partial charge on any atom is 0.157 e. The molecule has 1 aromatic carbocycles. The molecule has 0 bridgehead atoms. The third-order valence-electron chi connectivity index (χ3n) is 2.75. The summed E-state index contributed by atoms with van der Waals surface area (Å²) in [6.45, 7) is 0.538. The topological polar surface area (TPSA) is 39.9 Å². The van der Waals surface area contributed by atoms with Crippen molar-refractivity contribution in [1.82, 2.24) is 14.8 Å². The van der Waals surface area contributed by atoms with Gasteiger partial charge in [0.2, 0.25) is 0 Å². The zero-order valence-electron chi connectivity index (χ0n) is 10.1. The second-order valence-electron chi connectivity index (χ2n) is 4.17. The molecular weight excluding hydrogens is 226 g/mol. The van der Waals surface area contributed by atoms with E-state index in [1.165, 1.54) is 0 Å². The molecule has 0 amide bonds. The van der Waals surface area contributed by atoms with Gasteiger partial charge < -0.3 is 4.74 Å². The largest absolute Gasteiger partial charge is 0.486 e. The minimum Gasteiger partial charge on any atom is -0.486 e. The summed E-state index contributed by atoms with van der Waals surface area (Å²) >= 11 is 0. The van der Waals surface area contributed by atoms with Crippen LogP contribution in [0.15, 0.2) is 48.9 Å². The molecular formula is C14H13N3O. The SMILES string of the molecule is Cn1cc(OCc2ccc3ncccc3c2)cn1. The maximum absolute atomic E-state index is 5.66. The summed E-state index contributed by atoms with van der Waals surface area (Å²) in [6.07, 6.45) is 5.36. The molecule has 0 radical (unpaired) electrons. The molecule has 2 aromatic heterocycles. The molecule has 0 fully saturated rings. The molecule has 0 aliphatic rings. The Hall–Kier alpha value is -2.36. The van der Waals surface area contributed by atoms with Crippen LogP contribution in [0.4, 0.5) is 0 Å². The van der Waals surface area contributed by atoms with Crippen LogP contribution >= 0.6 is 0 Å². The summed E-state index contributed by atoms with van der Waals surface area (Å²) in [5.74, 6) is 0.781. The van der Waals surface area contributed by atoms with E-state index in [1.807, 2.05) is 31.4 Å². The molecule has 0 aliphatic carbocycles. The molecule has 18 heavy (non-hydrogen) atoms. The number of aromatic nitrogens is 3. The number of aryl methyl sites for hydroxylation is 1. The molecule has 90 valence electrons. The van der Waals surface area contributed by atoms with Gasteiger partial charge in [-0.05, 0) is 23.8 Å². The van der Waals surface area contributed by atoms with Crippen molar-refractivity contribution in [2.75, 3.05) is 0 Å². The van der Waals surface area contributed by atoms with Crippen LogP contribution in [0.2, 0.25) is 0 Å². The summed E-state index contributed by atoms with van der Waals surface area (Å²) in [6, 6.07) is 10.1. The lowest BCUT2D eigenvalue weighted by Crippen LogP contribution is -1.94. The standard InChI is InChI=1S/C14H13N3O/c1-17-9-13(8-16-17)18-10-11-4-5-14-12(7-11)3-2-6-15-14/h2-9H,10H2,1H3. The number of rotatable bonds is 3. The first-order valence-electron chi connectivity index (χ1n) is 5.76. The highest BCUT2D eigenvalue weighted by Crippen LogP contribution is 2.15. The van der Waals surface area contributed by atoms with E-state index in [0.717, 1.165) is 22.2 Å². The zero-order valence-corrected chi connectivity index (χ0v) is 10.1. The van der Waals surface area contributed by atoms with Crippen LogP contribution in [-0.2, 0) is 13.7 Å². The minimum absolute atomic E-state index is 0.538. The van der Waals surface area contributed by atoms with Crippen LogP contribution in [0.5, 0.6) is 5.75 Å². The number of fused-ring (bicyclic) bond motifs is 1.